The molecule has 0 radical (unpaired) electrons. The summed E-state index contributed by atoms with van der Waals surface area (Å²) in [6.07, 6.45) is 0.371. The van der Waals surface area contributed by atoms with E-state index in [1.807, 2.05) is 0 Å². The van der Waals surface area contributed by atoms with Crippen LogP contribution in [0.1, 0.15) is 73.7 Å². The predicted molar refractivity (Wildman–Crippen MR) is 81.9 cm³/mol. The maximum Gasteiger partial charge on any atom is 0.395 e. The maximum absolute atomic E-state index is 13.3. The number of alkyl halides is 3. The van der Waals surface area contributed by atoms with Gasteiger partial charge in [0, 0.05) is 0 Å². The van der Waals surface area contributed by atoms with Crippen molar-refractivity contribution in [1.29, 1.82) is 0 Å². The van der Waals surface area contributed by atoms with Crippen LogP contribution in [0.3, 0.4) is 0 Å². The Hall–Kier alpha value is -1.72. The Bertz CT molecular complexity index is 512. The monoisotopic (exact) mass is 332 g/mol. The molecule has 0 heterocycles. The second kappa shape index (κ2) is 8.79. The molecule has 130 valence electrons. The number of hydrogen-bond donors (Lipinski definition) is 2. The lowest BCUT2D eigenvalue weighted by atomic mass is 9.88. The van der Waals surface area contributed by atoms with E-state index in [4.69, 9.17) is 5.11 Å². The lowest BCUT2D eigenvalue weighted by molar-refractivity contribution is -0.152. The molecule has 0 aromatic heterocycles. The summed E-state index contributed by atoms with van der Waals surface area (Å²) in [4.78, 5) is 11.2. The van der Waals surface area contributed by atoms with E-state index in [2.05, 4.69) is 6.92 Å². The number of carbonyl (C=O) groups is 1. The quantitative estimate of drug-likeness (QED) is 0.588. The van der Waals surface area contributed by atoms with Gasteiger partial charge in [0.05, 0.1) is 11.5 Å². The van der Waals surface area contributed by atoms with E-state index in [9.17, 15) is 23.1 Å². The first-order valence-corrected chi connectivity index (χ1v) is 7.90. The normalized spacial score (nSPS) is 13.0. The van der Waals surface area contributed by atoms with Gasteiger partial charge in [-0.05, 0) is 30.2 Å². The Kier molecular flexibility index (Phi) is 7.39. The third-order valence-corrected chi connectivity index (χ3v) is 3.88. The molecule has 1 unspecified atom stereocenters. The Balaban J connectivity index is 2.87. The summed E-state index contributed by atoms with van der Waals surface area (Å²) in [5, 5.41) is 18.5. The van der Waals surface area contributed by atoms with Crippen molar-refractivity contribution in [2.75, 3.05) is 0 Å². The van der Waals surface area contributed by atoms with Gasteiger partial charge in [0.25, 0.3) is 0 Å². The maximum atomic E-state index is 13.3. The Labute approximate surface area is 134 Å². The highest BCUT2D eigenvalue weighted by molar-refractivity contribution is 5.90. The van der Waals surface area contributed by atoms with E-state index < -0.39 is 23.6 Å². The van der Waals surface area contributed by atoms with Crippen LogP contribution in [0.25, 0.3) is 0 Å². The smallest absolute Gasteiger partial charge is 0.395 e. The summed E-state index contributed by atoms with van der Waals surface area (Å²) in [6.45, 7) is 2.06. The van der Waals surface area contributed by atoms with E-state index in [1.165, 1.54) is 0 Å². The highest BCUT2D eigenvalue weighted by Crippen LogP contribution is 2.41. The number of halogens is 3. The van der Waals surface area contributed by atoms with Gasteiger partial charge < -0.3 is 10.2 Å². The number of carboxylic acid groups (broad SMARTS) is 1. The highest BCUT2D eigenvalue weighted by atomic mass is 19.4. The van der Waals surface area contributed by atoms with Crippen molar-refractivity contribution in [2.45, 2.75) is 64.0 Å². The lowest BCUT2D eigenvalue weighted by Crippen LogP contribution is -2.23. The van der Waals surface area contributed by atoms with Crippen LogP contribution in [0.2, 0.25) is 0 Å². The number of rotatable bonds is 9. The minimum absolute atomic E-state index is 0.167. The number of hydrogen-bond acceptors (Lipinski definition) is 2. The molecule has 0 amide bonds. The van der Waals surface area contributed by atoms with Crippen LogP contribution in [-0.2, 0) is 0 Å². The summed E-state index contributed by atoms with van der Waals surface area (Å²) in [7, 11) is 0. The van der Waals surface area contributed by atoms with E-state index in [0.717, 1.165) is 43.9 Å². The number of benzene rings is 1. The first kappa shape index (κ1) is 19.3. The average Bonchev–Trinajstić information content (AvgIpc) is 2.44. The minimum Gasteiger partial charge on any atom is -0.508 e. The molecule has 1 aromatic rings. The number of aromatic hydroxyl groups is 1. The molecule has 0 aliphatic carbocycles. The predicted octanol–water partition coefficient (Wildman–Crippen LogP) is 5.49. The molecule has 0 bridgehead atoms. The zero-order valence-electron chi connectivity index (χ0n) is 13.2. The standard InChI is InChI=1S/C17H23F3O3/c1-2-3-4-5-6-7-8-15(17(18,19)20)14-11-12(21)9-10-13(14)16(22)23/h9-11,15,21H,2-8H2,1H3,(H,22,23). The minimum atomic E-state index is -4.54. The summed E-state index contributed by atoms with van der Waals surface area (Å²) in [5.74, 6) is -3.65. The molecule has 0 fully saturated rings. The van der Waals surface area contributed by atoms with Crippen molar-refractivity contribution in [1.82, 2.24) is 0 Å². The molecule has 0 aliphatic heterocycles. The zero-order chi connectivity index (χ0) is 17.5. The van der Waals surface area contributed by atoms with E-state index in [-0.39, 0.29) is 17.7 Å². The van der Waals surface area contributed by atoms with E-state index in [0.29, 0.717) is 12.8 Å². The molecule has 2 N–H and O–H groups in total. The molecular formula is C17H23F3O3. The molecule has 1 atom stereocenters. The van der Waals surface area contributed by atoms with Crippen molar-refractivity contribution in [3.8, 4) is 5.75 Å². The van der Waals surface area contributed by atoms with E-state index in [1.54, 1.807) is 0 Å². The van der Waals surface area contributed by atoms with Crippen molar-refractivity contribution < 1.29 is 28.2 Å². The van der Waals surface area contributed by atoms with Crippen LogP contribution in [-0.4, -0.2) is 22.4 Å². The molecule has 0 aliphatic rings. The summed E-state index contributed by atoms with van der Waals surface area (Å²) < 4.78 is 40.0. The largest absolute Gasteiger partial charge is 0.508 e. The molecule has 3 nitrogen and oxygen atoms in total. The molecular weight excluding hydrogens is 309 g/mol. The fourth-order valence-electron chi connectivity index (χ4n) is 2.66. The molecule has 0 spiro atoms. The van der Waals surface area contributed by atoms with Gasteiger partial charge in [-0.3, -0.25) is 0 Å². The van der Waals surface area contributed by atoms with Gasteiger partial charge in [-0.1, -0.05) is 45.4 Å². The third kappa shape index (κ3) is 6.12. The van der Waals surface area contributed by atoms with Gasteiger partial charge in [0.2, 0.25) is 0 Å². The molecule has 1 aromatic carbocycles. The second-order valence-electron chi connectivity index (χ2n) is 5.73. The average molecular weight is 332 g/mol. The van der Waals surface area contributed by atoms with Gasteiger partial charge >= 0.3 is 12.1 Å². The molecule has 6 heteroatoms. The third-order valence-electron chi connectivity index (χ3n) is 3.88. The van der Waals surface area contributed by atoms with Crippen LogP contribution in [0, 0.1) is 0 Å². The van der Waals surface area contributed by atoms with Crippen LogP contribution in [0.15, 0.2) is 18.2 Å². The lowest BCUT2D eigenvalue weighted by Gasteiger charge is -2.22. The van der Waals surface area contributed by atoms with Gasteiger partial charge in [-0.25, -0.2) is 4.79 Å². The van der Waals surface area contributed by atoms with Crippen molar-refractivity contribution in [3.05, 3.63) is 29.3 Å². The molecule has 0 saturated heterocycles. The Morgan fingerprint density at radius 1 is 1.13 bits per heavy atom. The number of aromatic carboxylic acids is 1. The highest BCUT2D eigenvalue weighted by Gasteiger charge is 2.42. The molecule has 0 saturated carbocycles. The van der Waals surface area contributed by atoms with E-state index >= 15 is 0 Å². The first-order chi connectivity index (χ1) is 10.8. The van der Waals surface area contributed by atoms with Crippen LogP contribution in [0.4, 0.5) is 13.2 Å². The van der Waals surface area contributed by atoms with Gasteiger partial charge in [0.1, 0.15) is 5.75 Å². The van der Waals surface area contributed by atoms with Crippen LogP contribution < -0.4 is 0 Å². The number of phenols is 1. The van der Waals surface area contributed by atoms with Gasteiger partial charge in [-0.15, -0.1) is 0 Å². The Morgan fingerprint density at radius 2 is 1.74 bits per heavy atom. The summed E-state index contributed by atoms with van der Waals surface area (Å²) >= 11 is 0. The fourth-order valence-corrected chi connectivity index (χ4v) is 2.66. The SMILES string of the molecule is CCCCCCCCC(c1cc(O)ccc1C(=O)O)C(F)(F)F. The van der Waals surface area contributed by atoms with Crippen LogP contribution >= 0.6 is 0 Å². The van der Waals surface area contributed by atoms with Crippen molar-refractivity contribution in [3.63, 3.8) is 0 Å². The first-order valence-electron chi connectivity index (χ1n) is 7.90. The topological polar surface area (TPSA) is 57.5 Å². The Morgan fingerprint density at radius 3 is 2.30 bits per heavy atom. The van der Waals surface area contributed by atoms with Gasteiger partial charge in [0.15, 0.2) is 0 Å². The van der Waals surface area contributed by atoms with Crippen molar-refractivity contribution >= 4 is 5.97 Å². The number of unbranched alkanes of at least 4 members (excludes halogenated alkanes) is 5. The molecule has 1 rings (SSSR count). The summed E-state index contributed by atoms with van der Waals surface area (Å²) in [6, 6.07) is 3.02. The number of carboxylic acids is 1. The second-order valence-corrected chi connectivity index (χ2v) is 5.73. The van der Waals surface area contributed by atoms with Crippen molar-refractivity contribution in [2.24, 2.45) is 0 Å². The summed E-state index contributed by atoms with van der Waals surface area (Å²) in [5.41, 5.74) is -0.769. The molecule has 23 heavy (non-hydrogen) atoms. The van der Waals surface area contributed by atoms with Gasteiger partial charge in [-0.2, -0.15) is 13.2 Å². The zero-order valence-corrected chi connectivity index (χ0v) is 13.2. The number of phenolic OH excluding ortho intramolecular Hbond substituents is 1. The van der Waals surface area contributed by atoms with Crippen LogP contribution in [0.5, 0.6) is 5.75 Å². The fraction of sp³-hybridized carbons (Fsp3) is 0.588.